The highest BCUT2D eigenvalue weighted by Gasteiger charge is 2.18. The molecule has 1 N–H and O–H groups in total. The first-order valence-corrected chi connectivity index (χ1v) is 7.52. The number of carbonyl (C=O) groups is 1. The van der Waals surface area contributed by atoms with Crippen LogP contribution in [0.5, 0.6) is 11.5 Å². The van der Waals surface area contributed by atoms with E-state index in [2.05, 4.69) is 5.32 Å². The summed E-state index contributed by atoms with van der Waals surface area (Å²) in [4.78, 5) is 25.1. The minimum absolute atomic E-state index is 0.000279. The molecule has 6 heteroatoms. The van der Waals surface area contributed by atoms with Crippen LogP contribution in [0.1, 0.15) is 31.1 Å². The Morgan fingerprint density at radius 2 is 1.74 bits per heavy atom. The van der Waals surface area contributed by atoms with Crippen molar-refractivity contribution < 1.29 is 14.3 Å². The molecular formula is C17H22N2O4. The van der Waals surface area contributed by atoms with Gasteiger partial charge < -0.3 is 19.4 Å². The Morgan fingerprint density at radius 1 is 1.17 bits per heavy atom. The molecule has 23 heavy (non-hydrogen) atoms. The number of methoxy groups -OCH3 is 2. The number of nitrogens with one attached hydrogen (secondary N) is 1. The summed E-state index contributed by atoms with van der Waals surface area (Å²) in [5.41, 5.74) is 0.278. The van der Waals surface area contributed by atoms with Gasteiger partial charge >= 0.3 is 0 Å². The molecule has 0 radical (unpaired) electrons. The number of rotatable bonds is 5. The van der Waals surface area contributed by atoms with Gasteiger partial charge in [-0.05, 0) is 32.9 Å². The number of aryl methyl sites for hydroxylation is 1. The summed E-state index contributed by atoms with van der Waals surface area (Å²) in [7, 11) is 3.03. The van der Waals surface area contributed by atoms with Crippen molar-refractivity contribution in [2.24, 2.45) is 0 Å². The van der Waals surface area contributed by atoms with E-state index in [0.29, 0.717) is 34.4 Å². The molecular weight excluding hydrogens is 296 g/mol. The Kier molecular flexibility index (Phi) is 4.93. The Morgan fingerprint density at radius 3 is 2.22 bits per heavy atom. The Labute approximate surface area is 135 Å². The van der Waals surface area contributed by atoms with Gasteiger partial charge in [-0.25, -0.2) is 0 Å². The van der Waals surface area contributed by atoms with E-state index in [0.717, 1.165) is 0 Å². The molecule has 0 aliphatic rings. The number of pyridine rings is 1. The van der Waals surface area contributed by atoms with Crippen molar-refractivity contribution in [3.63, 3.8) is 0 Å². The number of fused-ring (bicyclic) bond motifs is 1. The largest absolute Gasteiger partial charge is 0.493 e. The van der Waals surface area contributed by atoms with E-state index in [4.69, 9.17) is 9.47 Å². The van der Waals surface area contributed by atoms with Crippen molar-refractivity contribution in [1.82, 2.24) is 9.88 Å². The minimum atomic E-state index is -0.223. The summed E-state index contributed by atoms with van der Waals surface area (Å²) in [6.45, 7) is 6.11. The number of nitrogens with zero attached hydrogens (tertiary/aromatic N) is 1. The molecule has 124 valence electrons. The molecule has 0 unspecified atom stereocenters. The standard InChI is InChI=1S/C17H22N2O4/c1-6-19-9-13(16(20)18-10(2)3)11-7-14(22-4)15(23-5)8-12(11)17(19)21/h7-10H,6H2,1-5H3,(H,18,20). The van der Waals surface area contributed by atoms with Gasteiger partial charge in [-0.15, -0.1) is 0 Å². The number of carbonyl (C=O) groups excluding carboxylic acids is 1. The number of benzene rings is 1. The Balaban J connectivity index is 2.82. The lowest BCUT2D eigenvalue weighted by molar-refractivity contribution is 0.0944. The smallest absolute Gasteiger partial charge is 0.258 e. The summed E-state index contributed by atoms with van der Waals surface area (Å²) < 4.78 is 12.1. The third-order valence-electron chi connectivity index (χ3n) is 3.60. The summed E-state index contributed by atoms with van der Waals surface area (Å²) >= 11 is 0. The van der Waals surface area contributed by atoms with Crippen LogP contribution in [0.4, 0.5) is 0 Å². The highest BCUT2D eigenvalue weighted by atomic mass is 16.5. The number of hydrogen-bond acceptors (Lipinski definition) is 4. The van der Waals surface area contributed by atoms with Gasteiger partial charge in [-0.3, -0.25) is 9.59 Å². The second kappa shape index (κ2) is 6.73. The van der Waals surface area contributed by atoms with Crippen molar-refractivity contribution in [2.45, 2.75) is 33.4 Å². The average Bonchev–Trinajstić information content (AvgIpc) is 2.53. The number of aromatic nitrogens is 1. The lowest BCUT2D eigenvalue weighted by atomic mass is 10.1. The predicted octanol–water partition coefficient (Wildman–Crippen LogP) is 2.18. The van der Waals surface area contributed by atoms with Gasteiger partial charge in [0.1, 0.15) is 0 Å². The van der Waals surface area contributed by atoms with Crippen LogP contribution in [0.15, 0.2) is 23.1 Å². The van der Waals surface area contributed by atoms with Crippen LogP contribution in [0.25, 0.3) is 10.8 Å². The summed E-state index contributed by atoms with van der Waals surface area (Å²) in [5.74, 6) is 0.716. The van der Waals surface area contributed by atoms with E-state index < -0.39 is 0 Å². The third-order valence-corrected chi connectivity index (χ3v) is 3.60. The molecule has 0 fully saturated rings. The topological polar surface area (TPSA) is 69.6 Å². The molecule has 0 saturated carbocycles. The molecule has 6 nitrogen and oxygen atoms in total. The van der Waals surface area contributed by atoms with Gasteiger partial charge in [-0.1, -0.05) is 0 Å². The van der Waals surface area contributed by atoms with Crippen molar-refractivity contribution in [3.8, 4) is 11.5 Å². The maximum absolute atomic E-state index is 12.6. The van der Waals surface area contributed by atoms with E-state index >= 15 is 0 Å². The number of hydrogen-bond donors (Lipinski definition) is 1. The zero-order chi connectivity index (χ0) is 17.1. The molecule has 0 spiro atoms. The maximum Gasteiger partial charge on any atom is 0.258 e. The molecule has 2 aromatic rings. The van der Waals surface area contributed by atoms with Crippen LogP contribution in [0, 0.1) is 0 Å². The third kappa shape index (κ3) is 3.16. The molecule has 0 saturated heterocycles. The van der Waals surface area contributed by atoms with Crippen LogP contribution >= 0.6 is 0 Å². The van der Waals surface area contributed by atoms with E-state index in [1.165, 1.54) is 18.8 Å². The van der Waals surface area contributed by atoms with Gasteiger partial charge in [0.2, 0.25) is 0 Å². The number of ether oxygens (including phenoxy) is 2. The van der Waals surface area contributed by atoms with Crippen LogP contribution in [0.2, 0.25) is 0 Å². The fraction of sp³-hybridized carbons (Fsp3) is 0.412. The second-order valence-electron chi connectivity index (χ2n) is 5.51. The zero-order valence-electron chi connectivity index (χ0n) is 14.1. The van der Waals surface area contributed by atoms with Gasteiger partial charge in [0.25, 0.3) is 11.5 Å². The molecule has 1 amide bonds. The first-order chi connectivity index (χ1) is 10.9. The van der Waals surface area contributed by atoms with E-state index in [1.54, 1.807) is 18.3 Å². The van der Waals surface area contributed by atoms with Crippen molar-refractivity contribution >= 4 is 16.7 Å². The molecule has 0 atom stereocenters. The lowest BCUT2D eigenvalue weighted by Crippen LogP contribution is -2.32. The molecule has 2 rings (SSSR count). The quantitative estimate of drug-likeness (QED) is 0.917. The lowest BCUT2D eigenvalue weighted by Gasteiger charge is -2.15. The predicted molar refractivity (Wildman–Crippen MR) is 89.6 cm³/mol. The van der Waals surface area contributed by atoms with E-state index in [9.17, 15) is 9.59 Å². The van der Waals surface area contributed by atoms with E-state index in [-0.39, 0.29) is 17.5 Å². The van der Waals surface area contributed by atoms with Crippen LogP contribution in [-0.2, 0) is 6.54 Å². The van der Waals surface area contributed by atoms with Gasteiger partial charge in [0, 0.05) is 24.2 Å². The van der Waals surface area contributed by atoms with Crippen molar-refractivity contribution in [3.05, 3.63) is 34.2 Å². The van der Waals surface area contributed by atoms with Crippen molar-refractivity contribution in [2.75, 3.05) is 14.2 Å². The van der Waals surface area contributed by atoms with Crippen LogP contribution < -0.4 is 20.3 Å². The first-order valence-electron chi connectivity index (χ1n) is 7.52. The molecule has 0 aliphatic carbocycles. The second-order valence-corrected chi connectivity index (χ2v) is 5.51. The van der Waals surface area contributed by atoms with Crippen LogP contribution in [0.3, 0.4) is 0 Å². The van der Waals surface area contributed by atoms with Crippen LogP contribution in [-0.4, -0.2) is 30.7 Å². The normalized spacial score (nSPS) is 10.9. The fourth-order valence-electron chi connectivity index (χ4n) is 2.47. The monoisotopic (exact) mass is 318 g/mol. The molecule has 1 aromatic heterocycles. The fourth-order valence-corrected chi connectivity index (χ4v) is 2.47. The Bertz CT molecular complexity index is 793. The Hall–Kier alpha value is -2.50. The number of amides is 1. The maximum atomic E-state index is 12.6. The van der Waals surface area contributed by atoms with Crippen molar-refractivity contribution in [1.29, 1.82) is 0 Å². The highest BCUT2D eigenvalue weighted by molar-refractivity contribution is 6.07. The summed E-state index contributed by atoms with van der Waals surface area (Å²) in [6, 6.07) is 3.29. The van der Waals surface area contributed by atoms with Gasteiger partial charge in [0.15, 0.2) is 11.5 Å². The van der Waals surface area contributed by atoms with Gasteiger partial charge in [0.05, 0.1) is 25.2 Å². The molecule has 1 heterocycles. The molecule has 0 aliphatic heterocycles. The first kappa shape index (κ1) is 16.9. The zero-order valence-corrected chi connectivity index (χ0v) is 14.1. The summed E-state index contributed by atoms with van der Waals surface area (Å²) in [6.07, 6.45) is 1.59. The SMILES string of the molecule is CCn1cc(C(=O)NC(C)C)c2cc(OC)c(OC)cc2c1=O. The van der Waals surface area contributed by atoms with Gasteiger partial charge in [-0.2, -0.15) is 0 Å². The molecule has 1 aromatic carbocycles. The van der Waals surface area contributed by atoms with E-state index in [1.807, 2.05) is 20.8 Å². The average molecular weight is 318 g/mol. The minimum Gasteiger partial charge on any atom is -0.493 e. The summed E-state index contributed by atoms with van der Waals surface area (Å²) in [5, 5.41) is 3.84. The highest BCUT2D eigenvalue weighted by Crippen LogP contribution is 2.32. The molecule has 0 bridgehead atoms.